The molecule has 3 aromatic rings. The topological polar surface area (TPSA) is 121 Å². The molecule has 0 N–H and O–H groups in total. The molecule has 0 saturated heterocycles. The molecule has 1 aromatic heterocycles. The monoisotopic (exact) mass is 427 g/mol. The first-order valence-corrected chi connectivity index (χ1v) is 9.75. The van der Waals surface area contributed by atoms with E-state index in [4.69, 9.17) is 4.74 Å². The number of ketones is 1. The van der Waals surface area contributed by atoms with Gasteiger partial charge in [0.05, 0.1) is 21.7 Å². The minimum atomic E-state index is -0.566. The Morgan fingerprint density at radius 1 is 1.13 bits per heavy atom. The molecule has 0 unspecified atom stereocenters. The second kappa shape index (κ2) is 8.78. The molecule has 30 heavy (non-hydrogen) atoms. The molecule has 0 saturated carbocycles. The number of nitrogens with zero attached hydrogens (tertiary/aromatic N) is 3. The van der Waals surface area contributed by atoms with E-state index >= 15 is 0 Å². The van der Waals surface area contributed by atoms with Crippen LogP contribution in [0.3, 0.4) is 0 Å². The number of non-ortho nitro benzene ring substituents is 1. The summed E-state index contributed by atoms with van der Waals surface area (Å²) in [4.78, 5) is 51.0. The van der Waals surface area contributed by atoms with Crippen molar-refractivity contribution in [1.82, 2.24) is 4.57 Å². The van der Waals surface area contributed by atoms with Crippen molar-refractivity contribution in [3.63, 3.8) is 0 Å². The van der Waals surface area contributed by atoms with Gasteiger partial charge in [-0.25, -0.2) is 0 Å². The number of rotatable bonds is 6. The Labute approximate surface area is 174 Å². The zero-order valence-electron chi connectivity index (χ0n) is 16.2. The molecule has 0 spiro atoms. The summed E-state index contributed by atoms with van der Waals surface area (Å²) in [6, 6.07) is 10.3. The SMILES string of the molecule is CCOC(=O)Cn1c(=NC(=O)c2ccc(C(C)=O)cc2)sc2ccc([N+](=O)[O-])cc21. The summed E-state index contributed by atoms with van der Waals surface area (Å²) in [6.45, 7) is 3.02. The molecule has 0 aliphatic rings. The van der Waals surface area contributed by atoms with Crippen molar-refractivity contribution in [2.75, 3.05) is 6.61 Å². The molecule has 10 heteroatoms. The Morgan fingerprint density at radius 3 is 2.40 bits per heavy atom. The molecule has 1 amide bonds. The van der Waals surface area contributed by atoms with Gasteiger partial charge in [-0.05, 0) is 32.0 Å². The van der Waals surface area contributed by atoms with Gasteiger partial charge >= 0.3 is 5.97 Å². The van der Waals surface area contributed by atoms with E-state index < -0.39 is 16.8 Å². The minimum Gasteiger partial charge on any atom is -0.465 e. The molecule has 0 radical (unpaired) electrons. The van der Waals surface area contributed by atoms with E-state index in [1.54, 1.807) is 13.0 Å². The van der Waals surface area contributed by atoms with Crippen LogP contribution in [0.5, 0.6) is 0 Å². The number of carbonyl (C=O) groups is 3. The zero-order chi connectivity index (χ0) is 21.8. The number of carbonyl (C=O) groups excluding carboxylic acids is 3. The van der Waals surface area contributed by atoms with Crippen LogP contribution in [0, 0.1) is 10.1 Å². The lowest BCUT2D eigenvalue weighted by Gasteiger charge is -2.05. The molecule has 0 fully saturated rings. The highest BCUT2D eigenvalue weighted by molar-refractivity contribution is 7.16. The van der Waals surface area contributed by atoms with Crippen molar-refractivity contribution in [2.45, 2.75) is 20.4 Å². The maximum atomic E-state index is 12.6. The lowest BCUT2D eigenvalue weighted by atomic mass is 10.1. The van der Waals surface area contributed by atoms with Crippen molar-refractivity contribution in [2.24, 2.45) is 4.99 Å². The quantitative estimate of drug-likeness (QED) is 0.258. The van der Waals surface area contributed by atoms with Crippen molar-refractivity contribution < 1.29 is 24.0 Å². The highest BCUT2D eigenvalue weighted by atomic mass is 32.1. The van der Waals surface area contributed by atoms with Gasteiger partial charge in [0, 0.05) is 23.3 Å². The summed E-state index contributed by atoms with van der Waals surface area (Å²) in [5, 5.41) is 11.1. The van der Waals surface area contributed by atoms with Gasteiger partial charge < -0.3 is 9.30 Å². The largest absolute Gasteiger partial charge is 0.465 e. The van der Waals surface area contributed by atoms with Crippen LogP contribution in [-0.2, 0) is 16.1 Å². The molecule has 1 heterocycles. The minimum absolute atomic E-state index is 0.121. The van der Waals surface area contributed by atoms with Crippen LogP contribution >= 0.6 is 11.3 Å². The predicted molar refractivity (Wildman–Crippen MR) is 109 cm³/mol. The van der Waals surface area contributed by atoms with Crippen LogP contribution in [0.2, 0.25) is 0 Å². The van der Waals surface area contributed by atoms with Crippen LogP contribution in [0.1, 0.15) is 34.6 Å². The number of amides is 1. The fraction of sp³-hybridized carbons (Fsp3) is 0.200. The highest BCUT2D eigenvalue weighted by Gasteiger charge is 2.16. The number of ether oxygens (including phenoxy) is 1. The van der Waals surface area contributed by atoms with Crippen LogP contribution in [0.15, 0.2) is 47.5 Å². The smallest absolute Gasteiger partial charge is 0.326 e. The van der Waals surface area contributed by atoms with E-state index in [2.05, 4.69) is 4.99 Å². The number of fused-ring (bicyclic) bond motifs is 1. The van der Waals surface area contributed by atoms with Gasteiger partial charge in [0.15, 0.2) is 10.6 Å². The Bertz CT molecular complexity index is 1220. The van der Waals surface area contributed by atoms with Crippen molar-refractivity contribution >= 4 is 44.9 Å². The fourth-order valence-electron chi connectivity index (χ4n) is 2.74. The van der Waals surface area contributed by atoms with Crippen molar-refractivity contribution in [3.8, 4) is 0 Å². The molecule has 0 atom stereocenters. The summed E-state index contributed by atoms with van der Waals surface area (Å²) in [5.74, 6) is -1.24. The van der Waals surface area contributed by atoms with E-state index in [1.807, 2.05) is 0 Å². The zero-order valence-corrected chi connectivity index (χ0v) is 17.0. The van der Waals surface area contributed by atoms with Gasteiger partial charge in [0.1, 0.15) is 6.54 Å². The number of hydrogen-bond acceptors (Lipinski definition) is 7. The number of nitro groups is 1. The molecule has 3 rings (SSSR count). The number of benzene rings is 2. The third kappa shape index (κ3) is 4.49. The molecular weight excluding hydrogens is 410 g/mol. The Hall–Kier alpha value is -3.66. The van der Waals surface area contributed by atoms with Gasteiger partial charge in [-0.15, -0.1) is 0 Å². The third-order valence-corrected chi connectivity index (χ3v) is 5.26. The Morgan fingerprint density at radius 2 is 1.80 bits per heavy atom. The van der Waals surface area contributed by atoms with Crippen molar-refractivity contribution in [1.29, 1.82) is 0 Å². The van der Waals surface area contributed by atoms with E-state index in [-0.39, 0.29) is 35.0 Å². The molecule has 154 valence electrons. The summed E-state index contributed by atoms with van der Waals surface area (Å²) < 4.78 is 7.03. The van der Waals surface area contributed by atoms with Crippen LogP contribution in [0.25, 0.3) is 10.2 Å². The number of esters is 1. The average molecular weight is 427 g/mol. The Kier molecular flexibility index (Phi) is 6.17. The number of thiazole rings is 1. The van der Waals surface area contributed by atoms with Gasteiger partial charge in [0.25, 0.3) is 11.6 Å². The predicted octanol–water partition coefficient (Wildman–Crippen LogP) is 3.12. The number of Topliss-reactive ketones (excluding diaryl/α,β-unsaturated/α-hetero) is 1. The maximum absolute atomic E-state index is 12.6. The second-order valence-electron chi connectivity index (χ2n) is 6.24. The van der Waals surface area contributed by atoms with Crippen molar-refractivity contribution in [3.05, 3.63) is 68.5 Å². The first kappa shape index (κ1) is 21.1. The van der Waals surface area contributed by atoms with Gasteiger partial charge in [-0.1, -0.05) is 23.5 Å². The standard InChI is InChI=1S/C20H17N3O6S/c1-3-29-18(25)11-22-16-10-15(23(27)28)8-9-17(16)30-20(22)21-19(26)14-6-4-13(5-7-14)12(2)24/h4-10H,3,11H2,1-2H3. The molecule has 9 nitrogen and oxygen atoms in total. The molecule has 0 bridgehead atoms. The lowest BCUT2D eigenvalue weighted by Crippen LogP contribution is -2.23. The number of nitro benzene ring substituents is 1. The van der Waals surface area contributed by atoms with Crippen LogP contribution in [-0.4, -0.2) is 33.8 Å². The van der Waals surface area contributed by atoms with E-state index in [0.29, 0.717) is 15.8 Å². The average Bonchev–Trinajstić information content (AvgIpc) is 3.04. The van der Waals surface area contributed by atoms with E-state index in [0.717, 1.165) is 11.3 Å². The van der Waals surface area contributed by atoms with Crippen LogP contribution < -0.4 is 4.80 Å². The maximum Gasteiger partial charge on any atom is 0.326 e. The van der Waals surface area contributed by atoms with Gasteiger partial charge in [0.2, 0.25) is 0 Å². The summed E-state index contributed by atoms with van der Waals surface area (Å²) in [7, 11) is 0. The molecule has 2 aromatic carbocycles. The first-order valence-electron chi connectivity index (χ1n) is 8.93. The molecule has 0 aliphatic carbocycles. The second-order valence-corrected chi connectivity index (χ2v) is 7.24. The normalized spacial score (nSPS) is 11.5. The summed E-state index contributed by atoms with van der Waals surface area (Å²) in [5.41, 5.74) is 1.00. The lowest BCUT2D eigenvalue weighted by molar-refractivity contribution is -0.384. The number of aromatic nitrogens is 1. The summed E-state index contributed by atoms with van der Waals surface area (Å²) in [6.07, 6.45) is 0. The highest BCUT2D eigenvalue weighted by Crippen LogP contribution is 2.23. The van der Waals surface area contributed by atoms with Gasteiger partial charge in [-0.3, -0.25) is 24.5 Å². The molecule has 0 aliphatic heterocycles. The molecular formula is C20H17N3O6S. The van der Waals surface area contributed by atoms with Gasteiger partial charge in [-0.2, -0.15) is 4.99 Å². The fourth-order valence-corrected chi connectivity index (χ4v) is 3.75. The third-order valence-electron chi connectivity index (χ3n) is 4.20. The first-order chi connectivity index (χ1) is 14.3. The van der Waals surface area contributed by atoms with E-state index in [9.17, 15) is 24.5 Å². The summed E-state index contributed by atoms with van der Waals surface area (Å²) >= 11 is 1.13. The Balaban J connectivity index is 2.10. The van der Waals surface area contributed by atoms with Crippen LogP contribution in [0.4, 0.5) is 5.69 Å². The van der Waals surface area contributed by atoms with E-state index in [1.165, 1.54) is 47.9 Å². The number of hydrogen-bond donors (Lipinski definition) is 0.